The van der Waals surface area contributed by atoms with E-state index in [9.17, 15) is 9.59 Å². The fourth-order valence-corrected chi connectivity index (χ4v) is 2.06. The summed E-state index contributed by atoms with van der Waals surface area (Å²) < 4.78 is 0. The van der Waals surface area contributed by atoms with Crippen LogP contribution in [-0.4, -0.2) is 22.1 Å². The lowest BCUT2D eigenvalue weighted by Crippen LogP contribution is -2.44. The third-order valence-corrected chi connectivity index (χ3v) is 3.43. The van der Waals surface area contributed by atoms with Gasteiger partial charge in [0.25, 0.3) is 5.56 Å². The number of hydrogen-bond acceptors (Lipinski definition) is 4. The first-order valence-corrected chi connectivity index (χ1v) is 7.04. The quantitative estimate of drug-likeness (QED) is 0.726. The third kappa shape index (κ3) is 4.82. The van der Waals surface area contributed by atoms with Crippen molar-refractivity contribution in [1.82, 2.24) is 15.5 Å². The zero-order valence-corrected chi connectivity index (χ0v) is 13.8. The number of nitrogens with two attached hydrogens (primary N) is 1. The molecule has 1 heterocycles. The molecule has 1 amide bonds. The molecule has 0 saturated heterocycles. The molecular formula is C14H25ClN4O2. The minimum atomic E-state index is -0.563. The summed E-state index contributed by atoms with van der Waals surface area (Å²) in [6, 6.07) is -0.563. The molecule has 4 N–H and O–H groups in total. The number of rotatable bonds is 6. The number of hydrogen-bond donors (Lipinski definition) is 3. The van der Waals surface area contributed by atoms with Gasteiger partial charge < -0.3 is 11.1 Å². The molecule has 21 heavy (non-hydrogen) atoms. The van der Waals surface area contributed by atoms with Crippen LogP contribution in [0.3, 0.4) is 0 Å². The molecular weight excluding hydrogens is 292 g/mol. The Morgan fingerprint density at radius 2 is 1.90 bits per heavy atom. The molecule has 6 nitrogen and oxygen atoms in total. The van der Waals surface area contributed by atoms with Gasteiger partial charge in [0.15, 0.2) is 0 Å². The van der Waals surface area contributed by atoms with Crippen molar-refractivity contribution in [1.29, 1.82) is 0 Å². The summed E-state index contributed by atoms with van der Waals surface area (Å²) in [5, 5.41) is 9.26. The van der Waals surface area contributed by atoms with Crippen LogP contribution in [0.2, 0.25) is 0 Å². The van der Waals surface area contributed by atoms with Crippen molar-refractivity contribution in [3.63, 3.8) is 0 Å². The van der Waals surface area contributed by atoms with Crippen LogP contribution in [-0.2, 0) is 24.2 Å². The van der Waals surface area contributed by atoms with E-state index in [1.165, 1.54) is 0 Å². The smallest absolute Gasteiger partial charge is 0.269 e. The van der Waals surface area contributed by atoms with E-state index in [0.717, 1.165) is 17.7 Å². The first-order chi connectivity index (χ1) is 9.42. The molecule has 0 aromatic carbocycles. The molecule has 0 fully saturated rings. The summed E-state index contributed by atoms with van der Waals surface area (Å²) in [5.41, 5.74) is 7.88. The summed E-state index contributed by atoms with van der Waals surface area (Å²) in [5.74, 6) is -0.182. The van der Waals surface area contributed by atoms with Crippen LogP contribution in [0.5, 0.6) is 0 Å². The molecule has 0 radical (unpaired) electrons. The number of nitrogens with one attached hydrogen (secondary N) is 2. The fraction of sp³-hybridized carbons (Fsp3) is 0.643. The zero-order chi connectivity index (χ0) is 15.3. The second kappa shape index (κ2) is 8.79. The average Bonchev–Trinajstić information content (AvgIpc) is 2.44. The Morgan fingerprint density at radius 3 is 2.38 bits per heavy atom. The molecule has 1 aromatic rings. The molecule has 120 valence electrons. The second-order valence-corrected chi connectivity index (χ2v) is 5.15. The van der Waals surface area contributed by atoms with Crippen molar-refractivity contribution in [3.05, 3.63) is 27.2 Å². The summed E-state index contributed by atoms with van der Waals surface area (Å²) in [7, 11) is 0. The minimum Gasteiger partial charge on any atom is -0.350 e. The molecule has 0 bridgehead atoms. The molecule has 0 unspecified atom stereocenters. The number of aromatic nitrogens is 2. The van der Waals surface area contributed by atoms with Crippen molar-refractivity contribution in [2.75, 3.05) is 0 Å². The normalized spacial score (nSPS) is 11.9. The molecule has 1 aromatic heterocycles. The van der Waals surface area contributed by atoms with Crippen LogP contribution in [0.15, 0.2) is 4.79 Å². The second-order valence-electron chi connectivity index (χ2n) is 5.15. The Morgan fingerprint density at radius 1 is 1.29 bits per heavy atom. The monoisotopic (exact) mass is 316 g/mol. The number of nitrogens with zero attached hydrogens (tertiary/aromatic N) is 1. The van der Waals surface area contributed by atoms with Gasteiger partial charge in [-0.1, -0.05) is 27.7 Å². The average molecular weight is 317 g/mol. The first-order valence-electron chi connectivity index (χ1n) is 7.04. The van der Waals surface area contributed by atoms with Crippen molar-refractivity contribution < 1.29 is 4.79 Å². The van der Waals surface area contributed by atoms with E-state index in [-0.39, 0.29) is 36.3 Å². The maximum atomic E-state index is 11.9. The Kier molecular flexibility index (Phi) is 8.21. The first kappa shape index (κ1) is 19.6. The van der Waals surface area contributed by atoms with Crippen LogP contribution in [0.25, 0.3) is 0 Å². The van der Waals surface area contributed by atoms with Crippen molar-refractivity contribution in [3.8, 4) is 0 Å². The fourth-order valence-electron chi connectivity index (χ4n) is 2.06. The number of amides is 1. The topological polar surface area (TPSA) is 101 Å². The Labute approximate surface area is 131 Å². The van der Waals surface area contributed by atoms with Crippen LogP contribution < -0.4 is 16.6 Å². The molecule has 7 heteroatoms. The zero-order valence-electron chi connectivity index (χ0n) is 13.0. The Balaban J connectivity index is 0.00000400. The van der Waals surface area contributed by atoms with Crippen LogP contribution in [0.1, 0.15) is 44.5 Å². The summed E-state index contributed by atoms with van der Waals surface area (Å²) in [6.07, 6.45) is 1.45. The standard InChI is InChI=1S/C14H24N4O2.ClH/c1-5-9-10(13(19)18-17-11(9)6-2)7-16-14(20)12(15)8(3)4;/h8,12H,5-7,15H2,1-4H3,(H,16,20)(H,18,19);1H/t12-;/m0./s1. The summed E-state index contributed by atoms with van der Waals surface area (Å²) in [4.78, 5) is 23.7. The predicted molar refractivity (Wildman–Crippen MR) is 85.5 cm³/mol. The SMILES string of the molecule is CCc1n[nH]c(=O)c(CNC(=O)[C@@H](N)C(C)C)c1CC.Cl. The lowest BCUT2D eigenvalue weighted by molar-refractivity contribution is -0.123. The van der Waals surface area contributed by atoms with Gasteiger partial charge in [0.05, 0.1) is 11.7 Å². The minimum absolute atomic E-state index is 0. The van der Waals surface area contributed by atoms with Gasteiger partial charge in [-0.25, -0.2) is 5.10 Å². The highest BCUT2D eigenvalue weighted by atomic mass is 35.5. The van der Waals surface area contributed by atoms with Crippen molar-refractivity contribution in [2.45, 2.75) is 53.1 Å². The van der Waals surface area contributed by atoms with E-state index < -0.39 is 6.04 Å². The molecule has 1 atom stereocenters. The van der Waals surface area contributed by atoms with Gasteiger partial charge in [0, 0.05) is 12.1 Å². The largest absolute Gasteiger partial charge is 0.350 e. The molecule has 0 aliphatic carbocycles. The maximum Gasteiger partial charge on any atom is 0.269 e. The molecule has 0 aliphatic rings. The van der Waals surface area contributed by atoms with Crippen LogP contribution in [0, 0.1) is 5.92 Å². The van der Waals surface area contributed by atoms with E-state index in [0.29, 0.717) is 12.0 Å². The lowest BCUT2D eigenvalue weighted by atomic mass is 10.0. The Hall–Kier alpha value is -1.40. The van der Waals surface area contributed by atoms with Crippen LogP contribution >= 0.6 is 12.4 Å². The van der Waals surface area contributed by atoms with Crippen LogP contribution in [0.4, 0.5) is 0 Å². The number of aryl methyl sites for hydroxylation is 1. The summed E-state index contributed by atoms with van der Waals surface area (Å²) >= 11 is 0. The highest BCUT2D eigenvalue weighted by Crippen LogP contribution is 2.10. The number of H-pyrrole nitrogens is 1. The van der Waals surface area contributed by atoms with E-state index in [4.69, 9.17) is 5.73 Å². The van der Waals surface area contributed by atoms with E-state index >= 15 is 0 Å². The molecule has 1 rings (SSSR count). The molecule has 0 spiro atoms. The number of halogens is 1. The highest BCUT2D eigenvalue weighted by molar-refractivity contribution is 5.85. The van der Waals surface area contributed by atoms with E-state index in [1.54, 1.807) is 0 Å². The number of carbonyl (C=O) groups is 1. The van der Waals surface area contributed by atoms with E-state index in [2.05, 4.69) is 15.5 Å². The van der Waals surface area contributed by atoms with Gasteiger partial charge in [-0.05, 0) is 24.3 Å². The predicted octanol–water partition coefficient (Wildman–Crippen LogP) is 0.916. The van der Waals surface area contributed by atoms with Gasteiger partial charge in [0.2, 0.25) is 5.91 Å². The summed E-state index contributed by atoms with van der Waals surface area (Å²) in [6.45, 7) is 7.91. The van der Waals surface area contributed by atoms with Gasteiger partial charge >= 0.3 is 0 Å². The van der Waals surface area contributed by atoms with Gasteiger partial charge in [-0.2, -0.15) is 5.10 Å². The van der Waals surface area contributed by atoms with Crippen molar-refractivity contribution >= 4 is 18.3 Å². The number of aromatic amines is 1. The number of carbonyl (C=O) groups excluding carboxylic acids is 1. The van der Waals surface area contributed by atoms with Gasteiger partial charge in [-0.15, -0.1) is 12.4 Å². The molecule has 0 aliphatic heterocycles. The highest BCUT2D eigenvalue weighted by Gasteiger charge is 2.18. The third-order valence-electron chi connectivity index (χ3n) is 3.43. The van der Waals surface area contributed by atoms with Crippen molar-refractivity contribution in [2.24, 2.45) is 11.7 Å². The van der Waals surface area contributed by atoms with Gasteiger partial charge in [0.1, 0.15) is 0 Å². The maximum absolute atomic E-state index is 11.9. The lowest BCUT2D eigenvalue weighted by Gasteiger charge is -2.16. The molecule has 0 saturated carbocycles. The Bertz CT molecular complexity index is 528. The van der Waals surface area contributed by atoms with Gasteiger partial charge in [-0.3, -0.25) is 9.59 Å². The van der Waals surface area contributed by atoms with E-state index in [1.807, 2.05) is 27.7 Å².